The molecule has 1 aliphatic rings. The summed E-state index contributed by atoms with van der Waals surface area (Å²) < 4.78 is 21.5. The average Bonchev–Trinajstić information content (AvgIpc) is 2.81. The molecule has 8 heteroatoms. The fourth-order valence-corrected chi connectivity index (χ4v) is 3.79. The molecular formula is C24H24FN5O2. The largest absolute Gasteiger partial charge is 0.490 e. The molecule has 0 unspecified atom stereocenters. The summed E-state index contributed by atoms with van der Waals surface area (Å²) in [5.74, 6) is 0.576. The third-order valence-corrected chi connectivity index (χ3v) is 5.47. The predicted octanol–water partition coefficient (Wildman–Crippen LogP) is 4.32. The van der Waals surface area contributed by atoms with E-state index in [0.29, 0.717) is 5.75 Å². The fourth-order valence-electron chi connectivity index (χ4n) is 3.79. The lowest BCUT2D eigenvalue weighted by Crippen LogP contribution is -2.39. The maximum atomic E-state index is 14.3. The number of nitrogens with zero attached hydrogens (tertiary/aromatic N) is 5. The maximum absolute atomic E-state index is 14.3. The minimum absolute atomic E-state index is 0.0180. The Hall–Kier alpha value is -3.73. The smallest absolute Gasteiger partial charge is 0.258 e. The zero-order valence-corrected chi connectivity index (χ0v) is 17.9. The first-order valence-corrected chi connectivity index (χ1v) is 10.7. The van der Waals surface area contributed by atoms with E-state index in [9.17, 15) is 9.18 Å². The van der Waals surface area contributed by atoms with Gasteiger partial charge in [0, 0.05) is 50.6 Å². The van der Waals surface area contributed by atoms with Crippen LogP contribution in [-0.4, -0.2) is 33.7 Å². The van der Waals surface area contributed by atoms with Gasteiger partial charge in [0.15, 0.2) is 5.69 Å². The molecule has 0 atom stereocenters. The normalized spacial score (nSPS) is 14.2. The lowest BCUT2D eigenvalue weighted by molar-refractivity contribution is 0.170. The third-order valence-electron chi connectivity index (χ3n) is 5.47. The average molecular weight is 433 g/mol. The summed E-state index contributed by atoms with van der Waals surface area (Å²) in [6.45, 7) is 10.6. The molecule has 0 aliphatic carbocycles. The molecule has 0 amide bonds. The second-order valence-electron chi connectivity index (χ2n) is 7.76. The van der Waals surface area contributed by atoms with Crippen molar-refractivity contribution in [2.24, 2.45) is 0 Å². The summed E-state index contributed by atoms with van der Waals surface area (Å²) in [7, 11) is 0. The number of ether oxygens (including phenoxy) is 1. The Kier molecular flexibility index (Phi) is 6.45. The van der Waals surface area contributed by atoms with Gasteiger partial charge in [0.2, 0.25) is 5.95 Å². The van der Waals surface area contributed by atoms with Crippen LogP contribution in [0.25, 0.3) is 10.5 Å². The Morgan fingerprint density at radius 3 is 2.56 bits per heavy atom. The van der Waals surface area contributed by atoms with Crippen molar-refractivity contribution in [2.45, 2.75) is 38.7 Å². The quantitative estimate of drug-likeness (QED) is 0.542. The van der Waals surface area contributed by atoms with E-state index in [1.54, 1.807) is 6.07 Å². The molecule has 1 fully saturated rings. The van der Waals surface area contributed by atoms with E-state index in [-0.39, 0.29) is 17.5 Å². The monoisotopic (exact) mass is 433 g/mol. The Bertz CT molecular complexity index is 1180. The van der Waals surface area contributed by atoms with Gasteiger partial charge in [-0.3, -0.25) is 9.36 Å². The number of rotatable bonds is 6. The minimum atomic E-state index is -0.619. The van der Waals surface area contributed by atoms with Crippen LogP contribution < -0.4 is 15.2 Å². The maximum Gasteiger partial charge on any atom is 0.258 e. The summed E-state index contributed by atoms with van der Waals surface area (Å²) in [4.78, 5) is 26.8. The summed E-state index contributed by atoms with van der Waals surface area (Å²) in [5, 5.41) is 0. The first-order chi connectivity index (χ1) is 15.6. The van der Waals surface area contributed by atoms with Crippen molar-refractivity contribution >= 4 is 11.6 Å². The Morgan fingerprint density at radius 1 is 1.19 bits per heavy atom. The van der Waals surface area contributed by atoms with Crippen molar-refractivity contribution in [3.8, 4) is 11.4 Å². The lowest BCUT2D eigenvalue weighted by Gasteiger charge is -2.32. The van der Waals surface area contributed by atoms with E-state index in [1.807, 2.05) is 12.4 Å². The Balaban J connectivity index is 1.38. The lowest BCUT2D eigenvalue weighted by atomic mass is 10.1. The van der Waals surface area contributed by atoms with Crippen molar-refractivity contribution < 1.29 is 9.13 Å². The van der Waals surface area contributed by atoms with Crippen molar-refractivity contribution in [3.05, 3.63) is 82.1 Å². The van der Waals surface area contributed by atoms with Crippen molar-refractivity contribution in [3.63, 3.8) is 0 Å². The molecule has 1 aliphatic heterocycles. The molecule has 0 radical (unpaired) electrons. The van der Waals surface area contributed by atoms with Crippen LogP contribution in [0.1, 0.15) is 31.7 Å². The van der Waals surface area contributed by atoms with Crippen LogP contribution in [0.2, 0.25) is 0 Å². The molecule has 32 heavy (non-hydrogen) atoms. The second kappa shape index (κ2) is 9.60. The highest BCUT2D eigenvalue weighted by Crippen LogP contribution is 2.22. The van der Waals surface area contributed by atoms with Crippen LogP contribution in [0.4, 0.5) is 16.0 Å². The number of pyridine rings is 1. The van der Waals surface area contributed by atoms with Crippen LogP contribution in [0.3, 0.4) is 0 Å². The molecule has 0 spiro atoms. The number of piperidine rings is 1. The third kappa shape index (κ3) is 4.78. The zero-order chi connectivity index (χ0) is 22.5. The van der Waals surface area contributed by atoms with E-state index in [1.165, 1.54) is 29.0 Å². The Labute approximate surface area is 185 Å². The van der Waals surface area contributed by atoms with E-state index in [4.69, 9.17) is 11.3 Å². The summed E-state index contributed by atoms with van der Waals surface area (Å²) in [5.41, 5.74) is 1.04. The van der Waals surface area contributed by atoms with E-state index >= 15 is 0 Å². The molecule has 1 aromatic carbocycles. The first-order valence-electron chi connectivity index (χ1n) is 10.7. The molecule has 0 saturated carbocycles. The second-order valence-corrected chi connectivity index (χ2v) is 7.76. The Morgan fingerprint density at radius 2 is 1.94 bits per heavy atom. The standard InChI is InChI=1S/C24H24FN5O2/c1-3-4-17-15-27-24(28-16-17)29-10-7-19(8-11-29)32-20-9-12-30(23(31)14-20)22-6-5-18(26-2)13-21(22)25/h5-6,9,12-16,19H,3-4,7-8,10-11H2,1H3. The molecule has 164 valence electrons. The predicted molar refractivity (Wildman–Crippen MR) is 120 cm³/mol. The van der Waals surface area contributed by atoms with Gasteiger partial charge in [-0.15, -0.1) is 0 Å². The minimum Gasteiger partial charge on any atom is -0.490 e. The number of aryl methyl sites for hydroxylation is 1. The highest BCUT2D eigenvalue weighted by Gasteiger charge is 2.22. The fraction of sp³-hybridized carbons (Fsp3) is 0.333. The zero-order valence-electron chi connectivity index (χ0n) is 17.9. The topological polar surface area (TPSA) is 64.6 Å². The van der Waals surface area contributed by atoms with Crippen molar-refractivity contribution in [1.82, 2.24) is 14.5 Å². The van der Waals surface area contributed by atoms with Crippen LogP contribution in [0.5, 0.6) is 5.75 Å². The van der Waals surface area contributed by atoms with Crippen LogP contribution in [-0.2, 0) is 6.42 Å². The molecule has 7 nitrogen and oxygen atoms in total. The number of anilines is 1. The van der Waals surface area contributed by atoms with Gasteiger partial charge in [-0.2, -0.15) is 0 Å². The highest BCUT2D eigenvalue weighted by molar-refractivity contribution is 5.50. The van der Waals surface area contributed by atoms with Crippen LogP contribution >= 0.6 is 0 Å². The van der Waals surface area contributed by atoms with Gasteiger partial charge in [0.25, 0.3) is 5.56 Å². The van der Waals surface area contributed by atoms with Gasteiger partial charge in [-0.05, 0) is 30.2 Å². The molecule has 0 bridgehead atoms. The van der Waals surface area contributed by atoms with E-state index in [2.05, 4.69) is 26.6 Å². The van der Waals surface area contributed by atoms with Crippen molar-refractivity contribution in [2.75, 3.05) is 18.0 Å². The molecular weight excluding hydrogens is 409 g/mol. The van der Waals surface area contributed by atoms with E-state index < -0.39 is 11.4 Å². The molecule has 3 heterocycles. The number of hydrogen-bond acceptors (Lipinski definition) is 5. The molecule has 3 aromatic rings. The summed E-state index contributed by atoms with van der Waals surface area (Å²) in [6.07, 6.45) is 8.88. The highest BCUT2D eigenvalue weighted by atomic mass is 19.1. The number of halogens is 1. The summed E-state index contributed by atoms with van der Waals surface area (Å²) >= 11 is 0. The van der Waals surface area contributed by atoms with Gasteiger partial charge < -0.3 is 9.64 Å². The van der Waals surface area contributed by atoms with Crippen LogP contribution in [0.15, 0.2) is 53.7 Å². The van der Waals surface area contributed by atoms with Gasteiger partial charge in [-0.1, -0.05) is 19.4 Å². The number of hydrogen-bond donors (Lipinski definition) is 0. The molecule has 1 saturated heterocycles. The van der Waals surface area contributed by atoms with Gasteiger partial charge in [-0.25, -0.2) is 19.2 Å². The van der Waals surface area contributed by atoms with Gasteiger partial charge in [0.1, 0.15) is 17.7 Å². The van der Waals surface area contributed by atoms with Gasteiger partial charge in [0.05, 0.1) is 12.3 Å². The molecule has 4 rings (SSSR count). The molecule has 2 aromatic heterocycles. The summed E-state index contributed by atoms with van der Waals surface area (Å²) in [6, 6.07) is 7.05. The van der Waals surface area contributed by atoms with Gasteiger partial charge >= 0.3 is 0 Å². The molecule has 0 N–H and O–H groups in total. The first kappa shape index (κ1) is 21.5. The van der Waals surface area contributed by atoms with Crippen LogP contribution in [0, 0.1) is 12.4 Å². The van der Waals surface area contributed by atoms with Crippen molar-refractivity contribution in [1.29, 1.82) is 0 Å². The number of aromatic nitrogens is 3. The number of benzene rings is 1. The SMILES string of the molecule is [C-]#[N+]c1ccc(-n2ccc(OC3CCN(c4ncc(CCC)cn4)CC3)cc2=O)c(F)c1. The van der Waals surface area contributed by atoms with E-state index in [0.717, 1.165) is 56.4 Å².